The smallest absolute Gasteiger partial charge is 0.220 e. The first-order chi connectivity index (χ1) is 51.1. The molecule has 9 N–H and O–H groups in total. The summed E-state index contributed by atoms with van der Waals surface area (Å²) in [5.74, 6) is -0.256. The molecule has 2 heterocycles. The van der Waals surface area contributed by atoms with Crippen LogP contribution in [0.5, 0.6) is 0 Å². The van der Waals surface area contributed by atoms with Crippen molar-refractivity contribution >= 4 is 5.91 Å². The van der Waals surface area contributed by atoms with E-state index in [-0.39, 0.29) is 18.9 Å². The van der Waals surface area contributed by atoms with Crippen molar-refractivity contribution in [1.29, 1.82) is 0 Å². The maximum atomic E-state index is 13.4. The molecule has 14 nitrogen and oxygen atoms in total. The zero-order chi connectivity index (χ0) is 75.1. The highest BCUT2D eigenvalue weighted by Gasteiger charge is 2.51. The molecule has 2 aliphatic rings. The second-order valence-electron chi connectivity index (χ2n) is 28.9. The average molecular weight is 1460 g/mol. The Bertz CT molecular complexity index is 2320. The van der Waals surface area contributed by atoms with E-state index in [1.807, 2.05) is 6.08 Å². The van der Waals surface area contributed by atoms with Crippen molar-refractivity contribution < 1.29 is 64.6 Å². The number of allylic oxidation sites excluding steroid dienone is 23. The Morgan fingerprint density at radius 2 is 0.673 bits per heavy atom. The first-order valence-corrected chi connectivity index (χ1v) is 42.1. The van der Waals surface area contributed by atoms with Crippen LogP contribution in [0.1, 0.15) is 322 Å². The quantitative estimate of drug-likeness (QED) is 0.0204. The van der Waals surface area contributed by atoms with Crippen molar-refractivity contribution in [2.45, 2.75) is 396 Å². The van der Waals surface area contributed by atoms with Crippen LogP contribution in [0.3, 0.4) is 0 Å². The molecule has 596 valence electrons. The third-order valence-corrected chi connectivity index (χ3v) is 19.5. The summed E-state index contributed by atoms with van der Waals surface area (Å²) in [5.41, 5.74) is 0. The number of carbonyl (C=O) groups excluding carboxylic acids is 1. The van der Waals surface area contributed by atoms with Gasteiger partial charge in [0.05, 0.1) is 32.0 Å². The van der Waals surface area contributed by atoms with E-state index in [9.17, 15) is 45.6 Å². The summed E-state index contributed by atoms with van der Waals surface area (Å²) in [6.07, 6.45) is 92.1. The molecule has 0 aromatic carbocycles. The zero-order valence-electron chi connectivity index (χ0n) is 65.5. The normalized spacial score (nSPS) is 22.2. The van der Waals surface area contributed by atoms with E-state index in [1.165, 1.54) is 186 Å². The second-order valence-corrected chi connectivity index (χ2v) is 28.9. The molecule has 104 heavy (non-hydrogen) atoms. The van der Waals surface area contributed by atoms with Gasteiger partial charge < -0.3 is 65.1 Å². The molecular formula is C90H153NO13. The monoisotopic (exact) mass is 1460 g/mol. The van der Waals surface area contributed by atoms with Gasteiger partial charge in [0, 0.05) is 6.42 Å². The third-order valence-electron chi connectivity index (χ3n) is 19.5. The number of amides is 1. The molecule has 0 spiro atoms. The van der Waals surface area contributed by atoms with Crippen LogP contribution in [0.4, 0.5) is 0 Å². The molecule has 0 aromatic heterocycles. The van der Waals surface area contributed by atoms with Crippen LogP contribution >= 0.6 is 0 Å². The van der Waals surface area contributed by atoms with E-state index in [1.54, 1.807) is 6.08 Å². The predicted molar refractivity (Wildman–Crippen MR) is 433 cm³/mol. The van der Waals surface area contributed by atoms with Gasteiger partial charge in [-0.05, 0) is 109 Å². The Balaban J connectivity index is 1.62. The number of hydrogen-bond acceptors (Lipinski definition) is 13. The topological polar surface area (TPSA) is 228 Å². The van der Waals surface area contributed by atoms with Crippen molar-refractivity contribution in [3.63, 3.8) is 0 Å². The summed E-state index contributed by atoms with van der Waals surface area (Å²) in [5, 5.41) is 87.7. The SMILES string of the molecule is CC/C=C\C/C=C\C/C=C\C/C=C\C/C=C\C/C=C\C/C=C\C/C=C\C/C=C\C/C=C\CCCCCCCCCCCCC(=O)NC(COC1OC(CO)C(OC2OC(CO)C(O)C(O)C2O)C(O)C1O)C(O)/C=C/CC/C=C/CCCCCCCCCCCCCCCCCCCCCCCCC. The van der Waals surface area contributed by atoms with Crippen molar-refractivity contribution in [3.8, 4) is 0 Å². The summed E-state index contributed by atoms with van der Waals surface area (Å²) in [6, 6.07) is -0.946. The van der Waals surface area contributed by atoms with E-state index >= 15 is 0 Å². The maximum absolute atomic E-state index is 13.4. The van der Waals surface area contributed by atoms with Crippen LogP contribution < -0.4 is 5.32 Å². The lowest BCUT2D eigenvalue weighted by atomic mass is 9.97. The minimum atomic E-state index is -1.80. The number of unbranched alkanes of at least 4 members (excludes halogenated alkanes) is 34. The molecule has 0 radical (unpaired) electrons. The number of carbonyl (C=O) groups is 1. The molecular weight excluding hydrogens is 1300 g/mol. The molecule has 0 aliphatic carbocycles. The van der Waals surface area contributed by atoms with Crippen LogP contribution in [0.2, 0.25) is 0 Å². The molecule has 0 aromatic rings. The fourth-order valence-corrected chi connectivity index (χ4v) is 12.9. The summed E-state index contributed by atoms with van der Waals surface area (Å²) in [7, 11) is 0. The lowest BCUT2D eigenvalue weighted by molar-refractivity contribution is -0.359. The number of aliphatic hydroxyl groups is 8. The van der Waals surface area contributed by atoms with Crippen LogP contribution in [0.25, 0.3) is 0 Å². The first kappa shape index (κ1) is 95.9. The van der Waals surface area contributed by atoms with Crippen LogP contribution in [0, 0.1) is 0 Å². The fraction of sp³-hybridized carbons (Fsp3) is 0.722. The predicted octanol–water partition coefficient (Wildman–Crippen LogP) is 19.9. The number of nitrogens with one attached hydrogen (secondary N) is 1. The Kier molecular flexibility index (Phi) is 66.2. The third kappa shape index (κ3) is 53.6. The van der Waals surface area contributed by atoms with Gasteiger partial charge in [-0.15, -0.1) is 0 Å². The maximum Gasteiger partial charge on any atom is 0.220 e. The average Bonchev–Trinajstić information content (AvgIpc) is 0.789. The molecule has 1 amide bonds. The number of rotatable bonds is 69. The van der Waals surface area contributed by atoms with Crippen LogP contribution in [-0.2, 0) is 23.7 Å². The summed E-state index contributed by atoms with van der Waals surface area (Å²) >= 11 is 0. The number of aliphatic hydroxyl groups excluding tert-OH is 8. The minimum Gasteiger partial charge on any atom is -0.394 e. The summed E-state index contributed by atoms with van der Waals surface area (Å²) < 4.78 is 22.9. The summed E-state index contributed by atoms with van der Waals surface area (Å²) in [4.78, 5) is 13.4. The number of hydrogen-bond donors (Lipinski definition) is 9. The fourth-order valence-electron chi connectivity index (χ4n) is 12.9. The number of ether oxygens (including phenoxy) is 4. The van der Waals surface area contributed by atoms with Crippen molar-refractivity contribution in [2.75, 3.05) is 19.8 Å². The second kappa shape index (κ2) is 71.8. The van der Waals surface area contributed by atoms with Gasteiger partial charge in [-0.25, -0.2) is 0 Å². The van der Waals surface area contributed by atoms with E-state index in [4.69, 9.17) is 18.9 Å². The Morgan fingerprint density at radius 1 is 0.356 bits per heavy atom. The minimum absolute atomic E-state index is 0.256. The van der Waals surface area contributed by atoms with Crippen LogP contribution in [-0.4, -0.2) is 140 Å². The zero-order valence-corrected chi connectivity index (χ0v) is 65.5. The molecule has 2 saturated heterocycles. The molecule has 14 heteroatoms. The largest absolute Gasteiger partial charge is 0.394 e. The van der Waals surface area contributed by atoms with E-state index in [2.05, 4.69) is 153 Å². The molecule has 0 bridgehead atoms. The highest BCUT2D eigenvalue weighted by molar-refractivity contribution is 5.76. The van der Waals surface area contributed by atoms with E-state index < -0.39 is 86.8 Å². The van der Waals surface area contributed by atoms with Crippen LogP contribution in [0.15, 0.2) is 146 Å². The molecule has 2 fully saturated rings. The first-order valence-electron chi connectivity index (χ1n) is 42.1. The van der Waals surface area contributed by atoms with Gasteiger partial charge in [-0.2, -0.15) is 0 Å². The molecule has 2 rings (SSSR count). The lowest BCUT2D eigenvalue weighted by Gasteiger charge is -2.46. The Hall–Kier alpha value is -4.13. The highest BCUT2D eigenvalue weighted by atomic mass is 16.7. The van der Waals surface area contributed by atoms with Crippen molar-refractivity contribution in [2.24, 2.45) is 0 Å². The standard InChI is InChI=1S/C90H153NO13/c1-3-5-7-9-11-13-15-17-19-21-23-25-27-29-31-33-34-35-36-37-38-39-40-41-42-43-44-46-48-50-52-54-56-58-60-62-64-66-68-70-72-74-82(95)91-78(77-101-89-87(100)85(98)88(81(76-93)103-89)104-90-86(99)84(97)83(96)80(75-92)102-90)79(94)73-71-69-67-65-63-61-59-57-55-53-51-49-47-45-32-30-28-26-24-22-20-18-16-14-12-10-8-6-4-2/h5,7,11,13,17,19,23,25,29,31,34-35,37-38,40-41,43-44,48,50,63,65,71,73,78-81,83-90,92-94,96-100H,3-4,6,8-10,12,14-16,18,20-22,24,26-28,30,32-33,36,39,42,45-47,49,51-62,64,66-70,72,74-77H2,1-2H3,(H,91,95)/b7-5-,13-11-,19-17-,25-23-,31-29-,35-34-,38-37-,41-40-,44-43-,50-48-,65-63+,73-71+. The Morgan fingerprint density at radius 3 is 1.06 bits per heavy atom. The molecule has 12 atom stereocenters. The molecule has 0 saturated carbocycles. The van der Waals surface area contributed by atoms with Gasteiger partial charge >= 0.3 is 0 Å². The van der Waals surface area contributed by atoms with Gasteiger partial charge in [0.25, 0.3) is 0 Å². The lowest BCUT2D eigenvalue weighted by Crippen LogP contribution is -2.65. The van der Waals surface area contributed by atoms with E-state index in [0.717, 1.165) is 103 Å². The van der Waals surface area contributed by atoms with Gasteiger partial charge in [0.15, 0.2) is 12.6 Å². The summed E-state index contributed by atoms with van der Waals surface area (Å²) in [6.45, 7) is 2.69. The van der Waals surface area contributed by atoms with Gasteiger partial charge in [-0.1, -0.05) is 352 Å². The van der Waals surface area contributed by atoms with E-state index in [0.29, 0.717) is 12.8 Å². The van der Waals surface area contributed by atoms with Gasteiger partial charge in [0.2, 0.25) is 5.91 Å². The molecule has 2 aliphatic heterocycles. The highest BCUT2D eigenvalue weighted by Crippen LogP contribution is 2.30. The Labute approximate surface area is 633 Å². The van der Waals surface area contributed by atoms with Gasteiger partial charge in [-0.3, -0.25) is 4.79 Å². The molecule has 12 unspecified atom stereocenters. The van der Waals surface area contributed by atoms with Crippen molar-refractivity contribution in [1.82, 2.24) is 5.32 Å². The van der Waals surface area contributed by atoms with Crippen molar-refractivity contribution in [3.05, 3.63) is 146 Å². The van der Waals surface area contributed by atoms with Gasteiger partial charge in [0.1, 0.15) is 48.8 Å².